The molecule has 1 fully saturated rings. The van der Waals surface area contributed by atoms with Crippen LogP contribution >= 0.6 is 0 Å². The van der Waals surface area contributed by atoms with E-state index in [9.17, 15) is 18.0 Å². The highest BCUT2D eigenvalue weighted by molar-refractivity contribution is 5.95. The zero-order valence-electron chi connectivity index (χ0n) is 24.5. The molecule has 3 atom stereocenters. The number of fused-ring (bicyclic) bond motifs is 4. The van der Waals surface area contributed by atoms with Crippen molar-refractivity contribution in [1.29, 1.82) is 0 Å². The lowest BCUT2D eigenvalue weighted by Gasteiger charge is -2.43. The van der Waals surface area contributed by atoms with Gasteiger partial charge < -0.3 is 14.2 Å². The van der Waals surface area contributed by atoms with E-state index in [1.807, 2.05) is 0 Å². The summed E-state index contributed by atoms with van der Waals surface area (Å²) in [7, 11) is 0. The number of carbonyl (C=O) groups excluding carboxylic acids is 1. The van der Waals surface area contributed by atoms with E-state index in [1.54, 1.807) is 0 Å². The maximum absolute atomic E-state index is 13.4. The van der Waals surface area contributed by atoms with Crippen molar-refractivity contribution < 1.29 is 32.2 Å². The predicted molar refractivity (Wildman–Crippen MR) is 145 cm³/mol. The minimum Gasteiger partial charge on any atom is -0.381 e. The van der Waals surface area contributed by atoms with Crippen LogP contribution in [0.3, 0.4) is 0 Å². The Labute approximate surface area is 234 Å². The lowest BCUT2D eigenvalue weighted by molar-refractivity contribution is -0.137. The molecule has 1 aliphatic carbocycles. The van der Waals surface area contributed by atoms with Crippen LogP contribution in [0.2, 0.25) is 0 Å². The van der Waals surface area contributed by atoms with Gasteiger partial charge in [0.25, 0.3) is 0 Å². The van der Waals surface area contributed by atoms with Gasteiger partial charge in [-0.1, -0.05) is 46.8 Å². The minimum atomic E-state index is -4.44. The van der Waals surface area contributed by atoms with E-state index in [1.165, 1.54) is 19.1 Å². The van der Waals surface area contributed by atoms with E-state index in [0.29, 0.717) is 49.3 Å². The summed E-state index contributed by atoms with van der Waals surface area (Å²) in [5.74, 6) is -0.187. The SMILES string of the molecule is CC(=O)c1nc2c(c3c1C(c1ccc(C(F)(F)F)cc1)OC31CCOCC1)C(OC(C)C(C)(C)C)CC(C)(C)C2. The fraction of sp³-hybridized carbons (Fsp3) is 0.625. The van der Waals surface area contributed by atoms with Crippen molar-refractivity contribution in [3.05, 3.63) is 63.5 Å². The fourth-order valence-electron chi connectivity index (χ4n) is 6.35. The molecular formula is C32H40F3NO4. The van der Waals surface area contributed by atoms with Crippen molar-refractivity contribution >= 4 is 5.78 Å². The Morgan fingerprint density at radius 2 is 1.70 bits per heavy atom. The highest BCUT2D eigenvalue weighted by Gasteiger charge is 2.53. The van der Waals surface area contributed by atoms with Crippen LogP contribution in [0.1, 0.15) is 124 Å². The second-order valence-corrected chi connectivity index (χ2v) is 13.6. The average Bonchev–Trinajstić information content (AvgIpc) is 3.16. The highest BCUT2D eigenvalue weighted by Crippen LogP contribution is 2.58. The maximum Gasteiger partial charge on any atom is 0.416 e. The largest absolute Gasteiger partial charge is 0.416 e. The minimum absolute atomic E-state index is 0.0546. The Morgan fingerprint density at radius 3 is 2.25 bits per heavy atom. The van der Waals surface area contributed by atoms with Crippen molar-refractivity contribution in [2.24, 2.45) is 10.8 Å². The van der Waals surface area contributed by atoms with E-state index in [4.69, 9.17) is 19.2 Å². The predicted octanol–water partition coefficient (Wildman–Crippen LogP) is 7.89. The molecule has 3 unspecified atom stereocenters. The number of rotatable bonds is 4. The Morgan fingerprint density at radius 1 is 1.07 bits per heavy atom. The molecule has 0 saturated carbocycles. The number of carbonyl (C=O) groups is 1. The maximum atomic E-state index is 13.4. The summed E-state index contributed by atoms with van der Waals surface area (Å²) in [6, 6.07) is 5.06. The number of benzene rings is 1. The third-order valence-corrected chi connectivity index (χ3v) is 8.88. The van der Waals surface area contributed by atoms with Crippen LogP contribution in [0.4, 0.5) is 13.2 Å². The van der Waals surface area contributed by atoms with Crippen LogP contribution in [0.5, 0.6) is 0 Å². The molecule has 8 heteroatoms. The molecule has 3 heterocycles. The van der Waals surface area contributed by atoms with Gasteiger partial charge in [-0.25, -0.2) is 4.98 Å². The molecular weight excluding hydrogens is 519 g/mol. The zero-order chi connectivity index (χ0) is 29.3. The quantitative estimate of drug-likeness (QED) is 0.357. The molecule has 3 aliphatic rings. The molecule has 2 aliphatic heterocycles. The highest BCUT2D eigenvalue weighted by atomic mass is 19.4. The molecule has 0 bridgehead atoms. The number of hydrogen-bond acceptors (Lipinski definition) is 5. The van der Waals surface area contributed by atoms with Gasteiger partial charge in [0.15, 0.2) is 5.78 Å². The smallest absolute Gasteiger partial charge is 0.381 e. The lowest BCUT2D eigenvalue weighted by Crippen LogP contribution is -2.39. The number of pyridine rings is 1. The van der Waals surface area contributed by atoms with Crippen molar-refractivity contribution in [2.75, 3.05) is 13.2 Å². The molecule has 1 aromatic heterocycles. The van der Waals surface area contributed by atoms with E-state index in [2.05, 4.69) is 41.5 Å². The molecule has 0 N–H and O–H groups in total. The van der Waals surface area contributed by atoms with Crippen molar-refractivity contribution in [2.45, 2.75) is 104 Å². The second-order valence-electron chi connectivity index (χ2n) is 13.6. The van der Waals surface area contributed by atoms with E-state index in [-0.39, 0.29) is 28.8 Å². The zero-order valence-corrected chi connectivity index (χ0v) is 24.5. The topological polar surface area (TPSA) is 57.7 Å². The van der Waals surface area contributed by atoms with E-state index < -0.39 is 23.4 Å². The van der Waals surface area contributed by atoms with E-state index >= 15 is 0 Å². The third kappa shape index (κ3) is 5.23. The van der Waals surface area contributed by atoms with Gasteiger partial charge in [0.1, 0.15) is 11.8 Å². The molecule has 218 valence electrons. The summed E-state index contributed by atoms with van der Waals surface area (Å²) in [4.78, 5) is 18.1. The molecule has 1 aromatic carbocycles. The first-order chi connectivity index (χ1) is 18.5. The number of aromatic nitrogens is 1. The Balaban J connectivity index is 1.75. The van der Waals surface area contributed by atoms with Crippen LogP contribution in [0.15, 0.2) is 24.3 Å². The van der Waals surface area contributed by atoms with Crippen LogP contribution in [-0.2, 0) is 32.4 Å². The Bertz CT molecular complexity index is 1290. The van der Waals surface area contributed by atoms with Gasteiger partial charge in [-0.2, -0.15) is 13.2 Å². The summed E-state index contributed by atoms with van der Waals surface area (Å²) >= 11 is 0. The molecule has 0 radical (unpaired) electrons. The standard InChI is InChI=1S/C32H40F3NO4/c1-18(37)27-25-26(24-22(36-27)16-30(6,7)17-23(24)39-19(2)29(3,4)5)31(12-14-38-15-13-31)40-28(25)20-8-10-21(11-9-20)32(33,34)35/h8-11,19,23,28H,12-17H2,1-7H3. The normalized spacial score (nSPS) is 24.4. The number of ether oxygens (including phenoxy) is 3. The number of ketones is 1. The molecule has 2 aromatic rings. The number of Topliss-reactive ketones (excluding diaryl/α,β-unsaturated/α-hetero) is 1. The number of alkyl halides is 3. The average molecular weight is 560 g/mol. The van der Waals surface area contributed by atoms with Crippen LogP contribution < -0.4 is 0 Å². The summed E-state index contributed by atoms with van der Waals surface area (Å²) < 4.78 is 59.5. The van der Waals surface area contributed by atoms with Crippen LogP contribution in [-0.4, -0.2) is 30.1 Å². The monoisotopic (exact) mass is 559 g/mol. The van der Waals surface area contributed by atoms with Gasteiger partial charge in [-0.15, -0.1) is 0 Å². The first kappa shape index (κ1) is 29.2. The van der Waals surface area contributed by atoms with E-state index in [0.717, 1.165) is 35.4 Å². The van der Waals surface area contributed by atoms with Gasteiger partial charge in [-0.3, -0.25) is 4.79 Å². The molecule has 0 amide bonds. The molecule has 5 rings (SSSR count). The molecule has 40 heavy (non-hydrogen) atoms. The van der Waals surface area contributed by atoms with Crippen molar-refractivity contribution in [3.8, 4) is 0 Å². The van der Waals surface area contributed by atoms with Gasteiger partial charge in [0.2, 0.25) is 0 Å². The van der Waals surface area contributed by atoms with Crippen molar-refractivity contribution in [1.82, 2.24) is 4.98 Å². The van der Waals surface area contributed by atoms with Crippen LogP contribution in [0.25, 0.3) is 0 Å². The van der Waals surface area contributed by atoms with Crippen molar-refractivity contribution in [3.63, 3.8) is 0 Å². The summed E-state index contributed by atoms with van der Waals surface area (Å²) in [6.45, 7) is 15.4. The van der Waals surface area contributed by atoms with Gasteiger partial charge >= 0.3 is 6.18 Å². The first-order valence-electron chi connectivity index (χ1n) is 14.2. The first-order valence-corrected chi connectivity index (χ1v) is 14.2. The van der Waals surface area contributed by atoms with Gasteiger partial charge in [-0.05, 0) is 48.3 Å². The van der Waals surface area contributed by atoms with Crippen LogP contribution in [0, 0.1) is 10.8 Å². The van der Waals surface area contributed by atoms with Gasteiger partial charge in [0.05, 0.1) is 23.4 Å². The number of halogens is 3. The number of hydrogen-bond donors (Lipinski definition) is 0. The molecule has 1 spiro atoms. The fourth-order valence-corrected chi connectivity index (χ4v) is 6.35. The summed E-state index contributed by atoms with van der Waals surface area (Å²) in [6.07, 6.45) is -2.84. The Kier molecular flexibility index (Phi) is 7.24. The lowest BCUT2D eigenvalue weighted by atomic mass is 9.69. The summed E-state index contributed by atoms with van der Waals surface area (Å²) in [5.41, 5.74) is 2.71. The molecule has 1 saturated heterocycles. The second kappa shape index (κ2) is 9.92. The van der Waals surface area contributed by atoms with Gasteiger partial charge in [0, 0.05) is 55.4 Å². The Hall–Kier alpha value is -2.29. The third-order valence-electron chi connectivity index (χ3n) is 8.88. The summed E-state index contributed by atoms with van der Waals surface area (Å²) in [5, 5.41) is 0. The number of nitrogens with zero attached hydrogens (tertiary/aromatic N) is 1. The molecule has 5 nitrogen and oxygen atoms in total.